The van der Waals surface area contributed by atoms with Crippen molar-refractivity contribution >= 4 is 0 Å². The van der Waals surface area contributed by atoms with Gasteiger partial charge >= 0.3 is 0 Å². The lowest BCUT2D eigenvalue weighted by Gasteiger charge is -2.29. The lowest BCUT2D eigenvalue weighted by molar-refractivity contribution is 0.129. The van der Waals surface area contributed by atoms with Crippen molar-refractivity contribution in [3.05, 3.63) is 24.4 Å². The molecule has 2 aromatic heterocycles. The highest BCUT2D eigenvalue weighted by Gasteiger charge is 2.18. The molecule has 2 aromatic rings. The van der Waals surface area contributed by atoms with Crippen molar-refractivity contribution in [2.24, 2.45) is 11.8 Å². The van der Waals surface area contributed by atoms with Gasteiger partial charge in [-0.3, -0.25) is 9.88 Å². The number of hydrogen-bond acceptors (Lipinski definition) is 5. The molecule has 6 heteroatoms. The summed E-state index contributed by atoms with van der Waals surface area (Å²) in [5.74, 6) is 2.07. The Hall–Kier alpha value is -1.82. The van der Waals surface area contributed by atoms with Crippen molar-refractivity contribution in [1.82, 2.24) is 30.1 Å². The Kier molecular flexibility index (Phi) is 10.8. The molecule has 0 radical (unpaired) electrons. The van der Waals surface area contributed by atoms with Crippen LogP contribution in [0.3, 0.4) is 0 Å². The molecular weight excluding hydrogens is 360 g/mol. The minimum atomic E-state index is 0.599. The third kappa shape index (κ3) is 8.21. The van der Waals surface area contributed by atoms with Crippen molar-refractivity contribution in [1.29, 1.82) is 0 Å². The van der Waals surface area contributed by atoms with Crippen molar-refractivity contribution in [3.8, 4) is 11.5 Å². The van der Waals surface area contributed by atoms with Gasteiger partial charge in [0, 0.05) is 19.3 Å². The highest BCUT2D eigenvalue weighted by atomic mass is 15.6. The van der Waals surface area contributed by atoms with Crippen LogP contribution >= 0.6 is 0 Å². The maximum atomic E-state index is 4.60. The topological polar surface area (TPSA) is 59.7 Å². The second-order valence-corrected chi connectivity index (χ2v) is 8.21. The molecule has 0 fully saturated rings. The molecule has 2 atom stereocenters. The maximum absolute atomic E-state index is 4.60. The molecule has 6 nitrogen and oxygen atoms in total. The summed E-state index contributed by atoms with van der Waals surface area (Å²) < 4.78 is 0. The molecular formula is C23H40N6. The monoisotopic (exact) mass is 400 g/mol. The van der Waals surface area contributed by atoms with Gasteiger partial charge in [0.1, 0.15) is 12.4 Å². The van der Waals surface area contributed by atoms with Gasteiger partial charge in [0.05, 0.1) is 0 Å². The third-order valence-electron chi connectivity index (χ3n) is 5.79. The molecule has 2 heterocycles. The average molecular weight is 401 g/mol. The van der Waals surface area contributed by atoms with Gasteiger partial charge in [0.2, 0.25) is 5.82 Å². The van der Waals surface area contributed by atoms with Crippen LogP contribution in [-0.2, 0) is 6.67 Å². The number of tetrazole rings is 1. The summed E-state index contributed by atoms with van der Waals surface area (Å²) in [5, 5.41) is 13.1. The minimum Gasteiger partial charge on any atom is -0.282 e. The second-order valence-electron chi connectivity index (χ2n) is 8.21. The third-order valence-corrected chi connectivity index (χ3v) is 5.79. The van der Waals surface area contributed by atoms with E-state index >= 15 is 0 Å². The van der Waals surface area contributed by atoms with Crippen LogP contribution in [0, 0.1) is 11.8 Å². The molecule has 0 bridgehead atoms. The first-order valence-electron chi connectivity index (χ1n) is 11.6. The molecule has 29 heavy (non-hydrogen) atoms. The molecule has 0 amide bonds. The van der Waals surface area contributed by atoms with Crippen molar-refractivity contribution < 1.29 is 0 Å². The van der Waals surface area contributed by atoms with Crippen LogP contribution in [0.2, 0.25) is 0 Å². The van der Waals surface area contributed by atoms with Crippen LogP contribution in [0.15, 0.2) is 24.4 Å². The van der Waals surface area contributed by atoms with E-state index in [0.29, 0.717) is 12.5 Å². The number of rotatable bonds is 15. The molecule has 0 saturated carbocycles. The van der Waals surface area contributed by atoms with Gasteiger partial charge in [-0.15, -0.1) is 15.0 Å². The molecule has 0 N–H and O–H groups in total. The number of aromatic nitrogens is 5. The molecule has 2 unspecified atom stereocenters. The summed E-state index contributed by atoms with van der Waals surface area (Å²) in [7, 11) is 0. The Morgan fingerprint density at radius 2 is 1.59 bits per heavy atom. The predicted octanol–water partition coefficient (Wildman–Crippen LogP) is 5.43. The van der Waals surface area contributed by atoms with E-state index in [-0.39, 0.29) is 0 Å². The molecule has 0 aliphatic carbocycles. The van der Waals surface area contributed by atoms with Crippen LogP contribution in [0.4, 0.5) is 0 Å². The zero-order chi connectivity index (χ0) is 20.9. The Morgan fingerprint density at radius 3 is 2.10 bits per heavy atom. The predicted molar refractivity (Wildman–Crippen MR) is 119 cm³/mol. The summed E-state index contributed by atoms with van der Waals surface area (Å²) >= 11 is 0. The molecule has 162 valence electrons. The van der Waals surface area contributed by atoms with Crippen LogP contribution in [0.25, 0.3) is 11.5 Å². The zero-order valence-electron chi connectivity index (χ0n) is 18.9. The first kappa shape index (κ1) is 23.5. The smallest absolute Gasteiger partial charge is 0.223 e. The standard InChI is InChI=1S/C23H40N6/c1-5-9-13-20(7-3)17-28(18-21(8-4)14-10-6-2)19-29-26-23(25-27-29)22-15-11-12-16-24-22/h11-12,15-16,20-21H,5-10,13-14,17-19H2,1-4H3. The number of unbranched alkanes of at least 4 members (excludes halogenated alkanes) is 2. The van der Waals surface area contributed by atoms with E-state index < -0.39 is 0 Å². The van der Waals surface area contributed by atoms with Crippen molar-refractivity contribution in [2.45, 2.75) is 85.7 Å². The zero-order valence-corrected chi connectivity index (χ0v) is 18.9. The average Bonchev–Trinajstić information content (AvgIpc) is 3.22. The number of nitrogens with zero attached hydrogens (tertiary/aromatic N) is 6. The molecule has 0 aliphatic rings. The SMILES string of the molecule is CCCCC(CC)CN(CC(CC)CCCC)Cn1nnc(-c2ccccn2)n1. The van der Waals surface area contributed by atoms with Gasteiger partial charge in [0.25, 0.3) is 0 Å². The minimum absolute atomic E-state index is 0.599. The van der Waals surface area contributed by atoms with E-state index in [2.05, 4.69) is 53.0 Å². The van der Waals surface area contributed by atoms with Gasteiger partial charge in [-0.05, 0) is 42.0 Å². The quantitative estimate of drug-likeness (QED) is 0.399. The van der Waals surface area contributed by atoms with Gasteiger partial charge < -0.3 is 0 Å². The van der Waals surface area contributed by atoms with E-state index in [1.807, 2.05) is 18.2 Å². The van der Waals surface area contributed by atoms with E-state index in [4.69, 9.17) is 0 Å². The van der Waals surface area contributed by atoms with Gasteiger partial charge in [-0.25, -0.2) is 0 Å². The lowest BCUT2D eigenvalue weighted by atomic mass is 9.96. The molecule has 0 aliphatic heterocycles. The summed E-state index contributed by atoms with van der Waals surface area (Å²) in [6.07, 6.45) is 12.0. The first-order valence-corrected chi connectivity index (χ1v) is 11.6. The summed E-state index contributed by atoms with van der Waals surface area (Å²) in [5.41, 5.74) is 0.772. The lowest BCUT2D eigenvalue weighted by Crippen LogP contribution is -2.36. The molecule has 0 spiro atoms. The fourth-order valence-electron chi connectivity index (χ4n) is 3.83. The molecule has 0 saturated heterocycles. The van der Waals surface area contributed by atoms with Gasteiger partial charge in [0.15, 0.2) is 0 Å². The Bertz CT molecular complexity index is 638. The van der Waals surface area contributed by atoms with Gasteiger partial charge in [-0.2, -0.15) is 0 Å². The van der Waals surface area contributed by atoms with Crippen LogP contribution in [-0.4, -0.2) is 43.2 Å². The van der Waals surface area contributed by atoms with Crippen LogP contribution in [0.1, 0.15) is 79.1 Å². The Labute approximate surface area is 177 Å². The largest absolute Gasteiger partial charge is 0.282 e. The highest BCUT2D eigenvalue weighted by Crippen LogP contribution is 2.19. The normalized spacial score (nSPS) is 13.7. The maximum Gasteiger partial charge on any atom is 0.223 e. The highest BCUT2D eigenvalue weighted by molar-refractivity contribution is 5.46. The summed E-state index contributed by atoms with van der Waals surface area (Å²) in [6.45, 7) is 12.1. The van der Waals surface area contributed by atoms with E-state index in [1.165, 1.54) is 51.4 Å². The van der Waals surface area contributed by atoms with E-state index in [0.717, 1.165) is 30.6 Å². The van der Waals surface area contributed by atoms with Crippen LogP contribution in [0.5, 0.6) is 0 Å². The van der Waals surface area contributed by atoms with Crippen molar-refractivity contribution in [3.63, 3.8) is 0 Å². The van der Waals surface area contributed by atoms with E-state index in [9.17, 15) is 0 Å². The fourth-order valence-corrected chi connectivity index (χ4v) is 3.83. The first-order chi connectivity index (χ1) is 14.2. The van der Waals surface area contributed by atoms with E-state index in [1.54, 1.807) is 11.0 Å². The fraction of sp³-hybridized carbons (Fsp3) is 0.739. The number of hydrogen-bond donors (Lipinski definition) is 0. The Morgan fingerprint density at radius 1 is 0.931 bits per heavy atom. The summed E-state index contributed by atoms with van der Waals surface area (Å²) in [6, 6.07) is 5.78. The molecule has 0 aromatic carbocycles. The molecule has 2 rings (SSSR count). The number of pyridine rings is 1. The summed E-state index contributed by atoms with van der Waals surface area (Å²) in [4.78, 5) is 8.63. The Balaban J connectivity index is 2.08. The van der Waals surface area contributed by atoms with Crippen LogP contribution < -0.4 is 0 Å². The second kappa shape index (κ2) is 13.4. The van der Waals surface area contributed by atoms with Crippen molar-refractivity contribution in [2.75, 3.05) is 13.1 Å². The van der Waals surface area contributed by atoms with Gasteiger partial charge in [-0.1, -0.05) is 72.3 Å².